The number of carbonyl (C=O) groups is 6. The van der Waals surface area contributed by atoms with Gasteiger partial charge in [0.1, 0.15) is 41.3 Å². The second-order valence-electron chi connectivity index (χ2n) is 15.4. The van der Waals surface area contributed by atoms with Crippen molar-refractivity contribution in [3.8, 4) is 22.6 Å². The number of amides is 5. The van der Waals surface area contributed by atoms with Gasteiger partial charge in [-0.3, -0.25) is 19.2 Å². The van der Waals surface area contributed by atoms with Crippen molar-refractivity contribution in [2.24, 2.45) is 0 Å². The molecule has 5 amide bonds. The van der Waals surface area contributed by atoms with Crippen LogP contribution in [0.15, 0.2) is 36.4 Å². The van der Waals surface area contributed by atoms with Crippen LogP contribution >= 0.6 is 0 Å². The van der Waals surface area contributed by atoms with E-state index in [1.807, 2.05) is 0 Å². The van der Waals surface area contributed by atoms with Gasteiger partial charge in [-0.25, -0.2) is 9.59 Å². The molecule has 314 valence electrons. The topological polar surface area (TPSA) is 202 Å². The van der Waals surface area contributed by atoms with E-state index >= 15 is 0 Å². The molecule has 15 heteroatoms. The molecule has 2 aromatic rings. The quantitative estimate of drug-likeness (QED) is 0.135. The molecular formula is C42H61N5O10. The van der Waals surface area contributed by atoms with Crippen molar-refractivity contribution in [1.82, 2.24) is 26.2 Å². The molecule has 0 spiro atoms. The van der Waals surface area contributed by atoms with Gasteiger partial charge in [-0.15, -0.1) is 0 Å². The van der Waals surface area contributed by atoms with E-state index in [0.717, 1.165) is 25.7 Å². The number of alkyl carbamates (subject to hydrolysis) is 1. The molecule has 5 N–H and O–H groups in total. The Labute approximate surface area is 335 Å². The number of likely N-dealkylation sites (N-methyl/N-ethyl adjacent to an activating group) is 1. The fourth-order valence-electron chi connectivity index (χ4n) is 6.60. The van der Waals surface area contributed by atoms with Crippen LogP contribution in [-0.4, -0.2) is 97.2 Å². The minimum absolute atomic E-state index is 0.0521. The van der Waals surface area contributed by atoms with Gasteiger partial charge < -0.3 is 45.5 Å². The predicted molar refractivity (Wildman–Crippen MR) is 215 cm³/mol. The van der Waals surface area contributed by atoms with E-state index < -0.39 is 59.6 Å². The summed E-state index contributed by atoms with van der Waals surface area (Å²) >= 11 is 0. The lowest BCUT2D eigenvalue weighted by molar-refractivity contribution is -0.144. The average molecular weight is 796 g/mol. The number of hydrogen-bond donors (Lipinski definition) is 5. The van der Waals surface area contributed by atoms with Gasteiger partial charge in [-0.2, -0.15) is 0 Å². The van der Waals surface area contributed by atoms with Crippen LogP contribution in [0, 0.1) is 0 Å². The summed E-state index contributed by atoms with van der Waals surface area (Å²) in [5.74, 6) is -2.67. The van der Waals surface area contributed by atoms with E-state index in [0.29, 0.717) is 53.0 Å². The fourth-order valence-corrected chi connectivity index (χ4v) is 6.60. The Morgan fingerprint density at radius 2 is 1.54 bits per heavy atom. The van der Waals surface area contributed by atoms with Gasteiger partial charge in [0.2, 0.25) is 23.6 Å². The van der Waals surface area contributed by atoms with Gasteiger partial charge >= 0.3 is 12.1 Å². The standard InChI is InChI=1S/C42H61N5O10/c1-9-10-11-12-13-17-35(48)45-31(16-14-15-22-43-41(54)57-42(3,4)5)39(51)47(6)36-28-19-21-34(56-8)30(25-28)29-23-27(18-20-33(29)55-7)24-32(40(52)53)46-37(49)26(2)44-38(36)50/h18-21,23,25-26,31-32,36H,9-17,22,24H2,1-8H3,(H,43,54)(H,44,50)(H,45,48)(H,46,49)(H,52,53)/t26-,31-,32-,36-/m0/s1. The number of aliphatic carboxylic acids is 1. The van der Waals surface area contributed by atoms with E-state index in [-0.39, 0.29) is 31.7 Å². The number of methoxy groups -OCH3 is 2. The summed E-state index contributed by atoms with van der Waals surface area (Å²) in [5.41, 5.74) is 1.36. The maximum Gasteiger partial charge on any atom is 0.407 e. The highest BCUT2D eigenvalue weighted by Crippen LogP contribution is 2.40. The summed E-state index contributed by atoms with van der Waals surface area (Å²) in [4.78, 5) is 81.1. The third kappa shape index (κ3) is 14.0. The summed E-state index contributed by atoms with van der Waals surface area (Å²) in [7, 11) is 4.44. The maximum absolute atomic E-state index is 14.5. The van der Waals surface area contributed by atoms with Crippen LogP contribution in [0.3, 0.4) is 0 Å². The summed E-state index contributed by atoms with van der Waals surface area (Å²) in [6.07, 6.45) is 5.43. The molecule has 0 aromatic heterocycles. The van der Waals surface area contributed by atoms with Gasteiger partial charge in [-0.1, -0.05) is 44.7 Å². The Kier molecular flexibility index (Phi) is 17.6. The van der Waals surface area contributed by atoms with Gasteiger partial charge in [0.15, 0.2) is 0 Å². The molecule has 1 heterocycles. The minimum Gasteiger partial charge on any atom is -0.496 e. The van der Waals surface area contributed by atoms with Crippen LogP contribution in [0.2, 0.25) is 0 Å². The van der Waals surface area contributed by atoms with Crippen molar-refractivity contribution in [2.75, 3.05) is 27.8 Å². The lowest BCUT2D eigenvalue weighted by Gasteiger charge is -2.32. The Balaban J connectivity index is 2.04. The number of carboxylic acid groups (broad SMARTS) is 1. The van der Waals surface area contributed by atoms with Crippen LogP contribution in [0.4, 0.5) is 4.79 Å². The number of carboxylic acids is 1. The van der Waals surface area contributed by atoms with Crippen molar-refractivity contribution in [2.45, 2.75) is 129 Å². The molecule has 3 rings (SSSR count). The second-order valence-corrected chi connectivity index (χ2v) is 15.4. The van der Waals surface area contributed by atoms with E-state index in [1.165, 1.54) is 33.1 Å². The smallest absolute Gasteiger partial charge is 0.407 e. The first-order valence-corrected chi connectivity index (χ1v) is 19.7. The summed E-state index contributed by atoms with van der Waals surface area (Å²) in [5, 5.41) is 20.8. The number of unbranched alkanes of at least 4 members (excludes halogenated alkanes) is 5. The Morgan fingerprint density at radius 3 is 2.18 bits per heavy atom. The first kappa shape index (κ1) is 46.0. The molecule has 1 aliphatic heterocycles. The number of rotatable bonds is 17. The number of nitrogens with one attached hydrogen (secondary N) is 4. The molecule has 0 aliphatic carbocycles. The fraction of sp³-hybridized carbons (Fsp3) is 0.571. The molecule has 0 unspecified atom stereocenters. The first-order valence-electron chi connectivity index (χ1n) is 19.7. The van der Waals surface area contributed by atoms with Gasteiger partial charge in [0, 0.05) is 37.6 Å². The lowest BCUT2D eigenvalue weighted by atomic mass is 9.93. The molecule has 1 aliphatic rings. The molecule has 0 fully saturated rings. The van der Waals surface area contributed by atoms with Gasteiger partial charge in [-0.05, 0) is 88.8 Å². The molecule has 0 saturated carbocycles. The van der Waals surface area contributed by atoms with Crippen molar-refractivity contribution in [1.29, 1.82) is 0 Å². The van der Waals surface area contributed by atoms with E-state index in [9.17, 15) is 33.9 Å². The summed E-state index contributed by atoms with van der Waals surface area (Å²) < 4.78 is 16.7. The van der Waals surface area contributed by atoms with Crippen molar-refractivity contribution in [3.63, 3.8) is 0 Å². The largest absolute Gasteiger partial charge is 0.496 e. The molecule has 0 radical (unpaired) electrons. The van der Waals surface area contributed by atoms with Crippen LogP contribution in [0.1, 0.15) is 110 Å². The normalized spacial score (nSPS) is 17.5. The zero-order valence-corrected chi connectivity index (χ0v) is 34.6. The average Bonchev–Trinajstić information content (AvgIpc) is 3.15. The molecule has 15 nitrogen and oxygen atoms in total. The Bertz CT molecular complexity index is 1720. The highest BCUT2D eigenvalue weighted by molar-refractivity contribution is 5.96. The minimum atomic E-state index is -1.32. The van der Waals surface area contributed by atoms with Gasteiger partial charge in [0.05, 0.1) is 14.2 Å². The number of carbonyl (C=O) groups excluding carboxylic acids is 5. The lowest BCUT2D eigenvalue weighted by Crippen LogP contribution is -2.54. The van der Waals surface area contributed by atoms with Crippen LogP contribution in [0.25, 0.3) is 11.1 Å². The number of fused-ring (bicyclic) bond motifs is 5. The molecule has 4 atom stereocenters. The third-order valence-corrected chi connectivity index (χ3v) is 9.61. The first-order chi connectivity index (χ1) is 27.0. The summed E-state index contributed by atoms with van der Waals surface area (Å²) in [6, 6.07) is 5.32. The summed E-state index contributed by atoms with van der Waals surface area (Å²) in [6.45, 7) is 9.12. The van der Waals surface area contributed by atoms with Gasteiger partial charge in [0.25, 0.3) is 0 Å². The van der Waals surface area contributed by atoms with E-state index in [4.69, 9.17) is 14.2 Å². The van der Waals surface area contributed by atoms with E-state index in [1.54, 1.807) is 57.2 Å². The number of benzene rings is 2. The monoisotopic (exact) mass is 795 g/mol. The molecular weight excluding hydrogens is 734 g/mol. The predicted octanol–water partition coefficient (Wildman–Crippen LogP) is 5.04. The molecule has 0 saturated heterocycles. The maximum atomic E-state index is 14.5. The SMILES string of the molecule is CCCCCCCC(=O)N[C@@H](CCCCNC(=O)OC(C)(C)C)C(=O)N(C)[C@@H]1C(=O)N[C@@H](C)C(=O)N[C@H](C(=O)O)Cc2ccc(OC)c(c2)-c2cc1ccc2OC. The number of ether oxygens (including phenoxy) is 3. The van der Waals surface area contributed by atoms with Crippen LogP contribution < -0.4 is 30.7 Å². The number of nitrogens with zero attached hydrogens (tertiary/aromatic N) is 1. The third-order valence-electron chi connectivity index (χ3n) is 9.61. The van der Waals surface area contributed by atoms with Crippen LogP contribution in [0.5, 0.6) is 11.5 Å². The van der Waals surface area contributed by atoms with Crippen molar-refractivity contribution >= 4 is 35.7 Å². The highest BCUT2D eigenvalue weighted by atomic mass is 16.6. The van der Waals surface area contributed by atoms with Crippen molar-refractivity contribution in [3.05, 3.63) is 47.5 Å². The van der Waals surface area contributed by atoms with Crippen LogP contribution in [-0.2, 0) is 35.1 Å². The number of hydrogen-bond acceptors (Lipinski definition) is 9. The zero-order chi connectivity index (χ0) is 42.3. The highest BCUT2D eigenvalue weighted by Gasteiger charge is 2.36. The van der Waals surface area contributed by atoms with Crippen molar-refractivity contribution < 1.29 is 48.1 Å². The van der Waals surface area contributed by atoms with E-state index in [2.05, 4.69) is 28.2 Å². The molecule has 2 aromatic carbocycles. The Hall–Kier alpha value is -5.34. The second kappa shape index (κ2) is 21.8. The Morgan fingerprint density at radius 1 is 0.895 bits per heavy atom. The molecule has 4 bridgehead atoms. The zero-order valence-electron chi connectivity index (χ0n) is 34.6. The molecule has 57 heavy (non-hydrogen) atoms.